The highest BCUT2D eigenvalue weighted by Gasteiger charge is 2.12. The highest BCUT2D eigenvalue weighted by Crippen LogP contribution is 2.16. The van der Waals surface area contributed by atoms with Crippen LogP contribution in [0.4, 0.5) is 11.4 Å². The van der Waals surface area contributed by atoms with Gasteiger partial charge in [-0.3, -0.25) is 9.59 Å². The fraction of sp³-hybridized carbons (Fsp3) is 0.0625. The Morgan fingerprint density at radius 1 is 0.957 bits per heavy atom. The summed E-state index contributed by atoms with van der Waals surface area (Å²) in [5, 5.41) is 9.02. The molecule has 0 bridgehead atoms. The number of carbonyl (C=O) groups is 2. The quantitative estimate of drug-likeness (QED) is 0.771. The fourth-order valence-corrected chi connectivity index (χ4v) is 1.90. The molecule has 116 valence electrons. The van der Waals surface area contributed by atoms with Crippen LogP contribution in [0.5, 0.6) is 0 Å². The first-order valence-electron chi connectivity index (χ1n) is 6.81. The maximum Gasteiger partial charge on any atom is 0.294 e. The van der Waals surface area contributed by atoms with E-state index in [0.717, 1.165) is 0 Å². The van der Waals surface area contributed by atoms with Gasteiger partial charge in [0.1, 0.15) is 0 Å². The summed E-state index contributed by atoms with van der Waals surface area (Å²) in [4.78, 5) is 23.7. The van der Waals surface area contributed by atoms with E-state index in [9.17, 15) is 9.59 Å². The van der Waals surface area contributed by atoms with Gasteiger partial charge in [-0.25, -0.2) is 0 Å². The van der Waals surface area contributed by atoms with Crippen molar-refractivity contribution >= 4 is 23.2 Å². The predicted molar refractivity (Wildman–Crippen MR) is 82.3 cm³/mol. The lowest BCUT2D eigenvalue weighted by Crippen LogP contribution is -2.12. The van der Waals surface area contributed by atoms with E-state index in [1.807, 2.05) is 0 Å². The van der Waals surface area contributed by atoms with Crippen molar-refractivity contribution in [2.24, 2.45) is 0 Å². The average Bonchev–Trinajstić information content (AvgIpc) is 3.20. The minimum Gasteiger partial charge on any atom is -0.459 e. The minimum absolute atomic E-state index is 0.137. The Morgan fingerprint density at radius 2 is 1.57 bits per heavy atom. The number of rotatable bonds is 4. The topological polar surface area (TPSA) is 97.4 Å². The van der Waals surface area contributed by atoms with Crippen LogP contribution in [-0.4, -0.2) is 17.0 Å². The lowest BCUT2D eigenvalue weighted by atomic mass is 10.2. The third-order valence-corrected chi connectivity index (χ3v) is 3.00. The molecule has 0 spiro atoms. The third kappa shape index (κ3) is 3.46. The lowest BCUT2D eigenvalue weighted by molar-refractivity contribution is 0.0983. The van der Waals surface area contributed by atoms with Gasteiger partial charge in [0, 0.05) is 17.4 Å². The molecule has 0 atom stereocenters. The Balaban J connectivity index is 1.63. The molecular weight excluding hydrogens is 298 g/mol. The first-order chi connectivity index (χ1) is 11.1. The van der Waals surface area contributed by atoms with Crippen molar-refractivity contribution in [2.45, 2.75) is 6.92 Å². The van der Waals surface area contributed by atoms with Crippen molar-refractivity contribution in [3.05, 3.63) is 65.9 Å². The zero-order valence-corrected chi connectivity index (χ0v) is 12.2. The zero-order valence-electron chi connectivity index (χ0n) is 12.2. The fourth-order valence-electron chi connectivity index (χ4n) is 1.90. The van der Waals surface area contributed by atoms with Gasteiger partial charge >= 0.3 is 0 Å². The predicted octanol–water partition coefficient (Wildman–Crippen LogP) is 3.08. The van der Waals surface area contributed by atoms with Crippen LogP contribution in [0.2, 0.25) is 0 Å². The summed E-state index contributed by atoms with van der Waals surface area (Å²) in [5.41, 5.74) is 1.78. The molecule has 0 saturated carbocycles. The summed E-state index contributed by atoms with van der Waals surface area (Å²) in [7, 11) is 0. The smallest absolute Gasteiger partial charge is 0.294 e. The molecule has 0 radical (unpaired) electrons. The van der Waals surface area contributed by atoms with Crippen LogP contribution in [0.1, 0.15) is 26.8 Å². The normalized spacial score (nSPS) is 10.3. The standard InChI is InChI=1S/C16H13N3O4/c1-10-9-14(23-19-10)16(21)18-12-6-4-11(5-7-12)17-15(20)13-3-2-8-22-13/h2-9H,1H3,(H,17,20)(H,18,21). The van der Waals surface area contributed by atoms with Crippen LogP contribution < -0.4 is 10.6 Å². The number of nitrogens with one attached hydrogen (secondary N) is 2. The van der Waals surface area contributed by atoms with E-state index in [4.69, 9.17) is 8.94 Å². The number of hydrogen-bond acceptors (Lipinski definition) is 5. The summed E-state index contributed by atoms with van der Waals surface area (Å²) in [5.74, 6) is -0.373. The first kappa shape index (κ1) is 14.6. The van der Waals surface area contributed by atoms with E-state index in [1.165, 1.54) is 6.26 Å². The number of nitrogens with zero attached hydrogens (tertiary/aromatic N) is 1. The summed E-state index contributed by atoms with van der Waals surface area (Å²) in [6.07, 6.45) is 1.43. The summed E-state index contributed by atoms with van der Waals surface area (Å²) in [6.45, 7) is 1.73. The molecule has 2 N–H and O–H groups in total. The minimum atomic E-state index is -0.391. The van der Waals surface area contributed by atoms with Crippen LogP contribution >= 0.6 is 0 Å². The highest BCUT2D eigenvalue weighted by atomic mass is 16.5. The third-order valence-electron chi connectivity index (χ3n) is 3.00. The van der Waals surface area contributed by atoms with E-state index >= 15 is 0 Å². The lowest BCUT2D eigenvalue weighted by Gasteiger charge is -2.06. The second kappa shape index (κ2) is 6.18. The average molecular weight is 311 g/mol. The molecule has 7 heteroatoms. The molecule has 3 aromatic rings. The summed E-state index contributed by atoms with van der Waals surface area (Å²) in [6, 6.07) is 11.4. The maximum absolute atomic E-state index is 11.9. The van der Waals surface area contributed by atoms with Crippen LogP contribution in [0, 0.1) is 6.92 Å². The molecule has 0 aliphatic carbocycles. The molecule has 7 nitrogen and oxygen atoms in total. The Bertz CT molecular complexity index is 819. The molecule has 0 unspecified atom stereocenters. The van der Waals surface area contributed by atoms with Crippen molar-refractivity contribution in [3.8, 4) is 0 Å². The number of aromatic nitrogens is 1. The van der Waals surface area contributed by atoms with Gasteiger partial charge in [-0.05, 0) is 43.3 Å². The van der Waals surface area contributed by atoms with E-state index in [1.54, 1.807) is 49.4 Å². The SMILES string of the molecule is Cc1cc(C(=O)Nc2ccc(NC(=O)c3ccco3)cc2)on1. The van der Waals surface area contributed by atoms with Gasteiger partial charge in [0.05, 0.1) is 12.0 Å². The van der Waals surface area contributed by atoms with Crippen LogP contribution in [0.15, 0.2) is 57.7 Å². The van der Waals surface area contributed by atoms with Gasteiger partial charge in [-0.1, -0.05) is 5.16 Å². The molecule has 0 aliphatic heterocycles. The van der Waals surface area contributed by atoms with E-state index < -0.39 is 5.91 Å². The first-order valence-corrected chi connectivity index (χ1v) is 6.81. The monoisotopic (exact) mass is 311 g/mol. The molecule has 0 saturated heterocycles. The van der Waals surface area contributed by atoms with Gasteiger partial charge in [0.2, 0.25) is 5.76 Å². The van der Waals surface area contributed by atoms with E-state index in [2.05, 4.69) is 15.8 Å². The second-order valence-corrected chi connectivity index (χ2v) is 4.80. The van der Waals surface area contributed by atoms with Crippen molar-refractivity contribution in [2.75, 3.05) is 10.6 Å². The van der Waals surface area contributed by atoms with Crippen molar-refractivity contribution in [1.29, 1.82) is 0 Å². The van der Waals surface area contributed by atoms with Crippen LogP contribution in [0.3, 0.4) is 0 Å². The number of aryl methyl sites for hydroxylation is 1. The Kier molecular flexibility index (Phi) is 3.92. The maximum atomic E-state index is 11.9. The highest BCUT2D eigenvalue weighted by molar-refractivity contribution is 6.03. The molecule has 1 aromatic carbocycles. The Morgan fingerprint density at radius 3 is 2.04 bits per heavy atom. The van der Waals surface area contributed by atoms with Crippen molar-refractivity contribution < 1.29 is 18.5 Å². The Labute approximate surface area is 131 Å². The largest absolute Gasteiger partial charge is 0.459 e. The van der Waals surface area contributed by atoms with Crippen LogP contribution in [0.25, 0.3) is 0 Å². The van der Waals surface area contributed by atoms with Gasteiger partial charge in [-0.15, -0.1) is 0 Å². The number of amides is 2. The molecule has 2 aromatic heterocycles. The second-order valence-electron chi connectivity index (χ2n) is 4.80. The van der Waals surface area contributed by atoms with E-state index in [-0.39, 0.29) is 17.4 Å². The van der Waals surface area contributed by atoms with Crippen LogP contribution in [-0.2, 0) is 0 Å². The van der Waals surface area contributed by atoms with Crippen molar-refractivity contribution in [1.82, 2.24) is 5.16 Å². The molecule has 0 fully saturated rings. The van der Waals surface area contributed by atoms with Gasteiger partial charge < -0.3 is 19.6 Å². The molecule has 3 rings (SSSR count). The Hall–Kier alpha value is -3.35. The molecule has 2 heterocycles. The van der Waals surface area contributed by atoms with Gasteiger partial charge in [0.25, 0.3) is 11.8 Å². The van der Waals surface area contributed by atoms with Gasteiger partial charge in [-0.2, -0.15) is 0 Å². The number of carbonyl (C=O) groups excluding carboxylic acids is 2. The number of hydrogen-bond donors (Lipinski definition) is 2. The number of furan rings is 1. The van der Waals surface area contributed by atoms with E-state index in [0.29, 0.717) is 17.1 Å². The molecule has 23 heavy (non-hydrogen) atoms. The van der Waals surface area contributed by atoms with Gasteiger partial charge in [0.15, 0.2) is 5.76 Å². The summed E-state index contributed by atoms with van der Waals surface area (Å²) >= 11 is 0. The number of benzene rings is 1. The van der Waals surface area contributed by atoms with Crippen molar-refractivity contribution in [3.63, 3.8) is 0 Å². The molecular formula is C16H13N3O4. The number of anilines is 2. The summed E-state index contributed by atoms with van der Waals surface area (Å²) < 4.78 is 9.90. The molecule has 2 amide bonds. The molecule has 0 aliphatic rings. The zero-order chi connectivity index (χ0) is 16.2.